The second kappa shape index (κ2) is 8.51. The van der Waals surface area contributed by atoms with Crippen LogP contribution in [0, 0.1) is 20.8 Å². The maximum absolute atomic E-state index is 13.4. The van der Waals surface area contributed by atoms with Gasteiger partial charge in [-0.1, -0.05) is 52.5 Å². The highest BCUT2D eigenvalue weighted by Crippen LogP contribution is 2.33. The van der Waals surface area contributed by atoms with E-state index in [1.807, 2.05) is 51.1 Å². The van der Waals surface area contributed by atoms with Crippen LogP contribution in [-0.2, 0) is 0 Å². The van der Waals surface area contributed by atoms with Gasteiger partial charge in [-0.15, -0.1) is 0 Å². The summed E-state index contributed by atoms with van der Waals surface area (Å²) < 4.78 is 0. The average molecular weight is 470 g/mol. The van der Waals surface area contributed by atoms with Crippen LogP contribution in [0.15, 0.2) is 54.6 Å². The minimum absolute atomic E-state index is 0.242. The van der Waals surface area contributed by atoms with Crippen molar-refractivity contribution in [1.29, 1.82) is 0 Å². The van der Waals surface area contributed by atoms with E-state index in [0.29, 0.717) is 37.6 Å². The van der Waals surface area contributed by atoms with Gasteiger partial charge in [-0.3, -0.25) is 4.79 Å². The van der Waals surface area contributed by atoms with E-state index in [1.165, 1.54) is 0 Å². The fraction of sp³-hybridized carbons (Fsp3) is 0.120. The second-order valence-electron chi connectivity index (χ2n) is 7.52. The van der Waals surface area contributed by atoms with E-state index in [9.17, 15) is 4.79 Å². The molecule has 1 heterocycles. The number of benzene rings is 3. The lowest BCUT2D eigenvalue weighted by molar-refractivity contribution is 0.102. The van der Waals surface area contributed by atoms with Crippen molar-refractivity contribution in [3.8, 4) is 11.3 Å². The van der Waals surface area contributed by atoms with Gasteiger partial charge in [0.2, 0.25) is 0 Å². The lowest BCUT2D eigenvalue weighted by Gasteiger charge is -2.15. The largest absolute Gasteiger partial charge is 0.322 e. The van der Waals surface area contributed by atoms with Gasteiger partial charge in [0, 0.05) is 26.7 Å². The SMILES string of the molecule is Cc1cc(C)c2nc(-c3ccc(Cl)cc3Cl)cc(C(=O)Nc3cccc(Cl)c3C)c2c1. The number of anilines is 1. The lowest BCUT2D eigenvalue weighted by atomic mass is 9.99. The minimum Gasteiger partial charge on any atom is -0.322 e. The van der Waals surface area contributed by atoms with E-state index in [0.717, 1.165) is 27.6 Å². The quantitative estimate of drug-likeness (QED) is 0.330. The Bertz CT molecular complexity index is 1350. The number of nitrogens with one attached hydrogen (secondary N) is 1. The summed E-state index contributed by atoms with van der Waals surface area (Å²) in [5, 5.41) is 5.38. The van der Waals surface area contributed by atoms with Gasteiger partial charge in [-0.25, -0.2) is 4.98 Å². The molecule has 0 aliphatic heterocycles. The third-order valence-corrected chi connectivity index (χ3v) is 6.17. The number of pyridine rings is 1. The predicted octanol–water partition coefficient (Wildman–Crippen LogP) is 8.04. The van der Waals surface area contributed by atoms with E-state index >= 15 is 0 Å². The van der Waals surface area contributed by atoms with Crippen LogP contribution in [-0.4, -0.2) is 10.9 Å². The zero-order chi connectivity index (χ0) is 22.3. The first-order chi connectivity index (χ1) is 14.7. The van der Waals surface area contributed by atoms with Crippen molar-refractivity contribution in [3.05, 3.63) is 91.9 Å². The number of carbonyl (C=O) groups is 1. The molecule has 3 aromatic carbocycles. The number of halogens is 3. The van der Waals surface area contributed by atoms with Gasteiger partial charge in [-0.2, -0.15) is 0 Å². The lowest BCUT2D eigenvalue weighted by Crippen LogP contribution is -2.14. The van der Waals surface area contributed by atoms with Crippen molar-refractivity contribution in [2.24, 2.45) is 0 Å². The maximum atomic E-state index is 13.4. The Balaban J connectivity index is 1.92. The van der Waals surface area contributed by atoms with Gasteiger partial charge in [0.05, 0.1) is 21.8 Å². The highest BCUT2D eigenvalue weighted by Gasteiger charge is 2.18. The van der Waals surface area contributed by atoms with E-state index < -0.39 is 0 Å². The Morgan fingerprint density at radius 1 is 0.903 bits per heavy atom. The smallest absolute Gasteiger partial charge is 0.256 e. The van der Waals surface area contributed by atoms with Gasteiger partial charge in [0.25, 0.3) is 5.91 Å². The number of rotatable bonds is 3. The summed E-state index contributed by atoms with van der Waals surface area (Å²) >= 11 is 18.7. The molecular weight excluding hydrogens is 451 g/mol. The average Bonchev–Trinajstić information content (AvgIpc) is 2.71. The van der Waals surface area contributed by atoms with Crippen LogP contribution in [0.2, 0.25) is 15.1 Å². The van der Waals surface area contributed by atoms with Crippen LogP contribution in [0.3, 0.4) is 0 Å². The molecule has 3 nitrogen and oxygen atoms in total. The summed E-state index contributed by atoms with van der Waals surface area (Å²) in [4.78, 5) is 18.2. The molecule has 1 aromatic heterocycles. The monoisotopic (exact) mass is 468 g/mol. The Morgan fingerprint density at radius 2 is 1.68 bits per heavy atom. The number of carbonyl (C=O) groups excluding carboxylic acids is 1. The molecule has 156 valence electrons. The van der Waals surface area contributed by atoms with Crippen LogP contribution < -0.4 is 5.32 Å². The maximum Gasteiger partial charge on any atom is 0.256 e. The summed E-state index contributed by atoms with van der Waals surface area (Å²) in [6.45, 7) is 5.85. The van der Waals surface area contributed by atoms with Crippen molar-refractivity contribution >= 4 is 57.3 Å². The molecule has 1 amide bonds. The second-order valence-corrected chi connectivity index (χ2v) is 8.77. The fourth-order valence-corrected chi connectivity index (χ4v) is 4.32. The van der Waals surface area contributed by atoms with Crippen LogP contribution in [0.1, 0.15) is 27.0 Å². The van der Waals surface area contributed by atoms with E-state index in [1.54, 1.807) is 24.3 Å². The molecule has 0 spiro atoms. The van der Waals surface area contributed by atoms with Crippen molar-refractivity contribution in [3.63, 3.8) is 0 Å². The summed E-state index contributed by atoms with van der Waals surface area (Å²) in [6, 6.07) is 16.5. The van der Waals surface area contributed by atoms with E-state index in [-0.39, 0.29) is 5.91 Å². The Morgan fingerprint density at radius 3 is 2.42 bits per heavy atom. The Labute approximate surface area is 196 Å². The summed E-state index contributed by atoms with van der Waals surface area (Å²) in [5.74, 6) is -0.242. The molecule has 0 saturated carbocycles. The number of aryl methyl sites for hydroxylation is 2. The summed E-state index contributed by atoms with van der Waals surface area (Å²) in [7, 11) is 0. The molecule has 4 rings (SSSR count). The summed E-state index contributed by atoms with van der Waals surface area (Å²) in [6.07, 6.45) is 0. The molecule has 0 bridgehead atoms. The van der Waals surface area contributed by atoms with E-state index in [4.69, 9.17) is 39.8 Å². The van der Waals surface area contributed by atoms with Crippen LogP contribution >= 0.6 is 34.8 Å². The Hall–Kier alpha value is -2.59. The number of aromatic nitrogens is 1. The van der Waals surface area contributed by atoms with Crippen LogP contribution in [0.25, 0.3) is 22.2 Å². The third kappa shape index (κ3) is 4.27. The zero-order valence-corrected chi connectivity index (χ0v) is 19.5. The number of hydrogen-bond donors (Lipinski definition) is 1. The molecule has 0 saturated heterocycles. The number of amides is 1. The molecule has 0 radical (unpaired) electrons. The minimum atomic E-state index is -0.242. The molecular formula is C25H19Cl3N2O. The first kappa shape index (κ1) is 21.6. The first-order valence-corrected chi connectivity index (χ1v) is 10.8. The van der Waals surface area contributed by atoms with Gasteiger partial charge in [0.15, 0.2) is 0 Å². The molecule has 0 fully saturated rings. The normalized spacial score (nSPS) is 11.0. The van der Waals surface area contributed by atoms with Gasteiger partial charge < -0.3 is 5.32 Å². The topological polar surface area (TPSA) is 42.0 Å². The number of hydrogen-bond acceptors (Lipinski definition) is 2. The Kier molecular flexibility index (Phi) is 5.94. The van der Waals surface area contributed by atoms with Crippen molar-refractivity contribution in [2.75, 3.05) is 5.32 Å². The highest BCUT2D eigenvalue weighted by atomic mass is 35.5. The van der Waals surface area contributed by atoms with Crippen LogP contribution in [0.4, 0.5) is 5.69 Å². The van der Waals surface area contributed by atoms with E-state index in [2.05, 4.69) is 5.32 Å². The predicted molar refractivity (Wildman–Crippen MR) is 131 cm³/mol. The van der Waals surface area contributed by atoms with Crippen molar-refractivity contribution in [1.82, 2.24) is 4.98 Å². The number of fused-ring (bicyclic) bond motifs is 1. The zero-order valence-electron chi connectivity index (χ0n) is 17.2. The summed E-state index contributed by atoms with van der Waals surface area (Å²) in [5.41, 5.74) is 6.09. The molecule has 6 heteroatoms. The van der Waals surface area contributed by atoms with Gasteiger partial charge >= 0.3 is 0 Å². The number of nitrogens with zero attached hydrogens (tertiary/aromatic N) is 1. The van der Waals surface area contributed by atoms with Gasteiger partial charge in [-0.05, 0) is 74.4 Å². The standard InChI is InChI=1S/C25H19Cl3N2O/c1-13-9-14(2)24-18(10-13)19(25(31)30-22-6-4-5-20(27)15(22)3)12-23(29-24)17-8-7-16(26)11-21(17)28/h4-12H,1-3H3,(H,30,31). The molecule has 1 N–H and O–H groups in total. The fourth-order valence-electron chi connectivity index (χ4n) is 3.64. The third-order valence-electron chi connectivity index (χ3n) is 5.22. The molecule has 0 unspecified atom stereocenters. The molecule has 0 aliphatic carbocycles. The molecule has 4 aromatic rings. The molecule has 0 atom stereocenters. The van der Waals surface area contributed by atoms with Gasteiger partial charge in [0.1, 0.15) is 0 Å². The first-order valence-electron chi connectivity index (χ1n) is 9.68. The highest BCUT2D eigenvalue weighted by molar-refractivity contribution is 6.36. The van der Waals surface area contributed by atoms with Crippen LogP contribution in [0.5, 0.6) is 0 Å². The molecule has 31 heavy (non-hydrogen) atoms. The van der Waals surface area contributed by atoms with Crippen molar-refractivity contribution in [2.45, 2.75) is 20.8 Å². The van der Waals surface area contributed by atoms with Crippen molar-refractivity contribution < 1.29 is 4.79 Å². The molecule has 0 aliphatic rings.